The predicted octanol–water partition coefficient (Wildman–Crippen LogP) is 2.78. The topological polar surface area (TPSA) is 81.5 Å². The van der Waals surface area contributed by atoms with Crippen LogP contribution in [-0.4, -0.2) is 17.9 Å². The van der Waals surface area contributed by atoms with E-state index in [0.29, 0.717) is 14.9 Å². The van der Waals surface area contributed by atoms with E-state index >= 15 is 0 Å². The Balaban J connectivity index is 3.68. The number of hydrogen-bond acceptors (Lipinski definition) is 4. The highest BCUT2D eigenvalue weighted by Crippen LogP contribution is 2.41. The molecule has 0 aliphatic heterocycles. The number of nitro groups is 1. The van der Waals surface area contributed by atoms with Crippen LogP contribution in [-0.2, 0) is 4.79 Å². The molecule has 0 saturated carbocycles. The number of methoxy groups -OCH3 is 1. The Kier molecular flexibility index (Phi) is 4.49. The van der Waals surface area contributed by atoms with Gasteiger partial charge in [-0.3, -0.25) is 14.9 Å². The zero-order valence-corrected chi connectivity index (χ0v) is 12.6. The Morgan fingerprint density at radius 2 is 1.94 bits per heavy atom. The van der Waals surface area contributed by atoms with Gasteiger partial charge in [-0.2, -0.15) is 0 Å². The van der Waals surface area contributed by atoms with Crippen molar-refractivity contribution in [3.05, 3.63) is 24.8 Å². The molecule has 0 spiro atoms. The lowest BCUT2D eigenvalue weighted by molar-refractivity contribution is -0.384. The predicted molar refractivity (Wildman–Crippen MR) is 76.1 cm³/mol. The van der Waals surface area contributed by atoms with E-state index in [-0.39, 0.29) is 17.3 Å². The van der Waals surface area contributed by atoms with Crippen molar-refractivity contribution in [2.24, 2.45) is 0 Å². The molecule has 0 heterocycles. The molecule has 0 aromatic heterocycles. The molecule has 18 heavy (non-hydrogen) atoms. The monoisotopic (exact) mass is 364 g/mol. The first-order valence-corrected chi connectivity index (χ1v) is 6.17. The highest BCUT2D eigenvalue weighted by molar-refractivity contribution is 14.1. The van der Waals surface area contributed by atoms with E-state index in [1.54, 1.807) is 13.8 Å². The number of amides is 1. The van der Waals surface area contributed by atoms with Crippen molar-refractivity contribution >= 4 is 39.9 Å². The van der Waals surface area contributed by atoms with E-state index in [1.165, 1.54) is 14.0 Å². The number of halogens is 1. The molecule has 1 aromatic rings. The smallest absolute Gasteiger partial charge is 0.300 e. The second-order valence-electron chi connectivity index (χ2n) is 3.76. The zero-order chi connectivity index (χ0) is 14.0. The van der Waals surface area contributed by atoms with Crippen LogP contribution in [0, 0.1) is 27.5 Å². The summed E-state index contributed by atoms with van der Waals surface area (Å²) in [6.07, 6.45) is 0. The Morgan fingerprint density at radius 3 is 2.33 bits per heavy atom. The van der Waals surface area contributed by atoms with Crippen LogP contribution in [0.5, 0.6) is 5.75 Å². The molecule has 7 heteroatoms. The van der Waals surface area contributed by atoms with Gasteiger partial charge in [0.05, 0.1) is 21.2 Å². The molecular formula is C11H13IN2O4. The minimum Gasteiger partial charge on any atom is -0.496 e. The zero-order valence-electron chi connectivity index (χ0n) is 10.5. The van der Waals surface area contributed by atoms with Crippen LogP contribution in [0.4, 0.5) is 11.4 Å². The fourth-order valence-electron chi connectivity index (χ4n) is 1.79. The van der Waals surface area contributed by atoms with Gasteiger partial charge in [-0.25, -0.2) is 0 Å². The van der Waals surface area contributed by atoms with Gasteiger partial charge < -0.3 is 10.1 Å². The Labute approximate surface area is 118 Å². The number of nitro benzene ring substituents is 1. The number of nitrogens with zero attached hydrogens (tertiary/aromatic N) is 1. The molecular weight excluding hydrogens is 351 g/mol. The van der Waals surface area contributed by atoms with E-state index < -0.39 is 4.92 Å². The number of hydrogen-bond donors (Lipinski definition) is 1. The van der Waals surface area contributed by atoms with E-state index in [0.717, 1.165) is 5.56 Å². The van der Waals surface area contributed by atoms with Gasteiger partial charge in [-0.05, 0) is 36.4 Å². The summed E-state index contributed by atoms with van der Waals surface area (Å²) in [6, 6.07) is 0. The second-order valence-corrected chi connectivity index (χ2v) is 4.84. The van der Waals surface area contributed by atoms with Crippen LogP contribution >= 0.6 is 22.6 Å². The van der Waals surface area contributed by atoms with Crippen molar-refractivity contribution < 1.29 is 14.5 Å². The van der Waals surface area contributed by atoms with Crippen molar-refractivity contribution in [1.82, 2.24) is 0 Å². The fraction of sp³-hybridized carbons (Fsp3) is 0.364. The van der Waals surface area contributed by atoms with Crippen LogP contribution in [0.3, 0.4) is 0 Å². The Hall–Kier alpha value is -1.38. The van der Waals surface area contributed by atoms with E-state index in [1.807, 2.05) is 22.6 Å². The van der Waals surface area contributed by atoms with Crippen molar-refractivity contribution in [2.75, 3.05) is 12.4 Å². The van der Waals surface area contributed by atoms with Gasteiger partial charge in [-0.15, -0.1) is 0 Å². The summed E-state index contributed by atoms with van der Waals surface area (Å²) in [4.78, 5) is 21.8. The van der Waals surface area contributed by atoms with Crippen molar-refractivity contribution in [2.45, 2.75) is 20.8 Å². The average Bonchev–Trinajstić information content (AvgIpc) is 2.25. The van der Waals surface area contributed by atoms with Gasteiger partial charge in [0, 0.05) is 12.5 Å². The van der Waals surface area contributed by atoms with Crippen molar-refractivity contribution in [3.63, 3.8) is 0 Å². The van der Waals surface area contributed by atoms with Crippen LogP contribution in [0.15, 0.2) is 0 Å². The van der Waals surface area contributed by atoms with Crippen LogP contribution in [0.2, 0.25) is 0 Å². The summed E-state index contributed by atoms with van der Waals surface area (Å²) in [5.41, 5.74) is 1.27. The fourth-order valence-corrected chi connectivity index (χ4v) is 2.43. The molecule has 0 unspecified atom stereocenters. The average molecular weight is 364 g/mol. The van der Waals surface area contributed by atoms with Gasteiger partial charge >= 0.3 is 0 Å². The molecule has 0 fully saturated rings. The third-order valence-corrected chi connectivity index (χ3v) is 3.86. The number of carbonyl (C=O) groups is 1. The van der Waals surface area contributed by atoms with E-state index in [9.17, 15) is 14.9 Å². The first kappa shape index (κ1) is 14.7. The number of rotatable bonds is 3. The maximum absolute atomic E-state index is 11.2. The molecule has 1 aromatic carbocycles. The molecule has 0 aliphatic carbocycles. The first-order chi connectivity index (χ1) is 8.31. The molecule has 6 nitrogen and oxygen atoms in total. The third-order valence-electron chi connectivity index (χ3n) is 2.51. The Bertz CT molecular complexity index is 529. The lowest BCUT2D eigenvalue weighted by Crippen LogP contribution is -2.12. The van der Waals surface area contributed by atoms with Crippen LogP contribution in [0.25, 0.3) is 0 Å². The maximum Gasteiger partial charge on any atom is 0.300 e. The molecule has 98 valence electrons. The van der Waals surface area contributed by atoms with Gasteiger partial charge in [0.2, 0.25) is 5.91 Å². The largest absolute Gasteiger partial charge is 0.496 e. The number of carbonyl (C=O) groups excluding carboxylic acids is 1. The SMILES string of the molecule is COc1c(C)c(I)c(NC(C)=O)c([N+](=O)[O-])c1C. The molecule has 1 N–H and O–H groups in total. The maximum atomic E-state index is 11.2. The van der Waals surface area contributed by atoms with Gasteiger partial charge in [0.15, 0.2) is 0 Å². The molecule has 0 aliphatic rings. The Morgan fingerprint density at radius 1 is 1.39 bits per heavy atom. The summed E-state index contributed by atoms with van der Waals surface area (Å²) in [7, 11) is 1.47. The van der Waals surface area contributed by atoms with Gasteiger partial charge in [-0.1, -0.05) is 0 Å². The molecule has 0 saturated heterocycles. The minimum atomic E-state index is -0.509. The molecule has 1 rings (SSSR count). The normalized spacial score (nSPS) is 10.1. The standard InChI is InChI=1S/C11H13IN2O4/c1-5-8(12)9(13-7(3)15)10(14(16)17)6(2)11(5)18-4/h1-4H3,(H,13,15). The summed E-state index contributed by atoms with van der Waals surface area (Å²) in [6.45, 7) is 4.71. The number of benzene rings is 1. The quantitative estimate of drug-likeness (QED) is 0.508. The molecule has 0 bridgehead atoms. The second kappa shape index (κ2) is 5.51. The number of nitrogens with one attached hydrogen (secondary N) is 1. The summed E-state index contributed by atoms with van der Waals surface area (Å²) in [5.74, 6) is 0.125. The molecule has 0 atom stereocenters. The van der Waals surface area contributed by atoms with Crippen molar-refractivity contribution in [1.29, 1.82) is 0 Å². The summed E-state index contributed by atoms with van der Waals surface area (Å²) in [5, 5.41) is 13.7. The summed E-state index contributed by atoms with van der Waals surface area (Å²) >= 11 is 1.96. The molecule has 1 amide bonds. The third kappa shape index (κ3) is 2.55. The van der Waals surface area contributed by atoms with Gasteiger partial charge in [0.1, 0.15) is 11.4 Å². The van der Waals surface area contributed by atoms with Crippen LogP contribution in [0.1, 0.15) is 18.1 Å². The number of ether oxygens (including phenoxy) is 1. The summed E-state index contributed by atoms with van der Waals surface area (Å²) < 4.78 is 5.79. The van der Waals surface area contributed by atoms with E-state index in [4.69, 9.17) is 4.74 Å². The lowest BCUT2D eigenvalue weighted by atomic mass is 10.1. The van der Waals surface area contributed by atoms with E-state index in [2.05, 4.69) is 5.32 Å². The first-order valence-electron chi connectivity index (χ1n) is 5.09. The molecule has 0 radical (unpaired) electrons. The lowest BCUT2D eigenvalue weighted by Gasteiger charge is -2.15. The highest BCUT2D eigenvalue weighted by Gasteiger charge is 2.27. The minimum absolute atomic E-state index is 0.128. The number of anilines is 1. The highest BCUT2D eigenvalue weighted by atomic mass is 127. The van der Waals surface area contributed by atoms with Crippen LogP contribution < -0.4 is 10.1 Å². The van der Waals surface area contributed by atoms with Crippen molar-refractivity contribution in [3.8, 4) is 5.75 Å². The van der Waals surface area contributed by atoms with Gasteiger partial charge in [0.25, 0.3) is 5.69 Å².